The molecule has 0 radical (unpaired) electrons. The van der Waals surface area contributed by atoms with Gasteiger partial charge in [-0.1, -0.05) is 38.1 Å². The van der Waals surface area contributed by atoms with Crippen molar-refractivity contribution in [1.82, 2.24) is 0 Å². The van der Waals surface area contributed by atoms with Gasteiger partial charge in [-0.15, -0.1) is 0 Å². The van der Waals surface area contributed by atoms with E-state index in [1.807, 2.05) is 12.1 Å². The molecule has 0 saturated heterocycles. The van der Waals surface area contributed by atoms with E-state index in [4.69, 9.17) is 0 Å². The summed E-state index contributed by atoms with van der Waals surface area (Å²) in [6.07, 6.45) is -1.01. The third-order valence-corrected chi connectivity index (χ3v) is 2.31. The minimum atomic E-state index is -1.01. The van der Waals surface area contributed by atoms with E-state index in [2.05, 4.69) is 13.8 Å². The quantitative estimate of drug-likeness (QED) is 0.610. The number of nitro groups is 1. The molecule has 1 atom stereocenters. The Kier molecular flexibility index (Phi) is 3.80. The van der Waals surface area contributed by atoms with Gasteiger partial charge in [0.15, 0.2) is 0 Å². The van der Waals surface area contributed by atoms with Crippen LogP contribution >= 0.6 is 0 Å². The van der Waals surface area contributed by atoms with Gasteiger partial charge in [0.05, 0.1) is 0 Å². The van der Waals surface area contributed by atoms with Crippen molar-refractivity contribution in [2.45, 2.75) is 25.9 Å². The van der Waals surface area contributed by atoms with E-state index in [1.165, 1.54) is 0 Å². The maximum atomic E-state index is 10.2. The minimum absolute atomic E-state index is 0.423. The third kappa shape index (κ3) is 3.32. The maximum Gasteiger partial charge on any atom is 0.233 e. The molecule has 1 aromatic carbocycles. The summed E-state index contributed by atoms with van der Waals surface area (Å²) in [6, 6.07) is 7.26. The van der Waals surface area contributed by atoms with Crippen LogP contribution in [-0.2, 0) is 0 Å². The molecule has 82 valence electrons. The Bertz CT molecular complexity index is 332. The molecule has 0 aromatic heterocycles. The molecule has 4 heteroatoms. The lowest BCUT2D eigenvalue weighted by Gasteiger charge is -2.09. The van der Waals surface area contributed by atoms with Gasteiger partial charge in [-0.3, -0.25) is 10.1 Å². The highest BCUT2D eigenvalue weighted by Crippen LogP contribution is 2.18. The first-order chi connectivity index (χ1) is 7.00. The molecule has 1 rings (SSSR count). The summed E-state index contributed by atoms with van der Waals surface area (Å²) in [5.41, 5.74) is 1.75. The summed E-state index contributed by atoms with van der Waals surface area (Å²) in [7, 11) is 0. The van der Waals surface area contributed by atoms with Gasteiger partial charge < -0.3 is 5.11 Å². The number of hydrogen-bond acceptors (Lipinski definition) is 3. The zero-order valence-electron chi connectivity index (χ0n) is 8.88. The maximum absolute atomic E-state index is 10.2. The lowest BCUT2D eigenvalue weighted by Crippen LogP contribution is -2.11. The van der Waals surface area contributed by atoms with Crippen molar-refractivity contribution in [1.29, 1.82) is 0 Å². The first kappa shape index (κ1) is 11.7. The van der Waals surface area contributed by atoms with Crippen LogP contribution in [0.15, 0.2) is 24.3 Å². The van der Waals surface area contributed by atoms with Crippen LogP contribution in [0.5, 0.6) is 0 Å². The van der Waals surface area contributed by atoms with Crippen LogP contribution in [0, 0.1) is 10.1 Å². The average Bonchev–Trinajstić information content (AvgIpc) is 2.17. The molecule has 1 N–H and O–H groups in total. The van der Waals surface area contributed by atoms with Crippen LogP contribution in [0.25, 0.3) is 0 Å². The van der Waals surface area contributed by atoms with E-state index in [-0.39, 0.29) is 0 Å². The van der Waals surface area contributed by atoms with Crippen LogP contribution in [0.4, 0.5) is 0 Å². The topological polar surface area (TPSA) is 63.4 Å². The summed E-state index contributed by atoms with van der Waals surface area (Å²) in [6.45, 7) is 3.70. The number of benzene rings is 1. The number of aliphatic hydroxyl groups is 1. The number of aliphatic hydroxyl groups excluding tert-OH is 1. The lowest BCUT2D eigenvalue weighted by molar-refractivity contribution is -0.491. The normalized spacial score (nSPS) is 12.8. The standard InChI is InChI=1S/C11H15NO3/c1-8(2)9-3-5-10(6-4-9)11(13)7-12(14)15/h3-6,8,11,13H,7H2,1-2H3/t11-/m0/s1. The van der Waals surface area contributed by atoms with Crippen LogP contribution in [0.2, 0.25) is 0 Å². The Morgan fingerprint density at radius 2 is 1.73 bits per heavy atom. The molecule has 0 unspecified atom stereocenters. The summed E-state index contributed by atoms with van der Waals surface area (Å²) in [5.74, 6) is 0.423. The Morgan fingerprint density at radius 1 is 1.27 bits per heavy atom. The predicted molar refractivity (Wildman–Crippen MR) is 57.4 cm³/mol. The second kappa shape index (κ2) is 4.89. The highest BCUT2D eigenvalue weighted by atomic mass is 16.6. The molecule has 0 aliphatic carbocycles. The molecule has 0 amide bonds. The largest absolute Gasteiger partial charge is 0.382 e. The van der Waals surface area contributed by atoms with Crippen molar-refractivity contribution in [3.63, 3.8) is 0 Å². The van der Waals surface area contributed by atoms with E-state index in [0.29, 0.717) is 11.5 Å². The molecule has 15 heavy (non-hydrogen) atoms. The molecule has 0 aliphatic rings. The second-order valence-electron chi connectivity index (χ2n) is 3.85. The highest BCUT2D eigenvalue weighted by Gasteiger charge is 2.13. The molecule has 0 bridgehead atoms. The zero-order chi connectivity index (χ0) is 11.4. The molecule has 0 spiro atoms. The molecule has 1 aromatic rings. The predicted octanol–water partition coefficient (Wildman–Crippen LogP) is 2.12. The number of rotatable bonds is 4. The Morgan fingerprint density at radius 3 is 2.13 bits per heavy atom. The van der Waals surface area contributed by atoms with E-state index in [0.717, 1.165) is 5.56 Å². The van der Waals surface area contributed by atoms with E-state index >= 15 is 0 Å². The Balaban J connectivity index is 2.75. The van der Waals surface area contributed by atoms with Crippen molar-refractivity contribution in [2.24, 2.45) is 0 Å². The van der Waals surface area contributed by atoms with E-state index < -0.39 is 17.6 Å². The van der Waals surface area contributed by atoms with Gasteiger partial charge in [0.1, 0.15) is 6.10 Å². The first-order valence-electron chi connectivity index (χ1n) is 4.90. The summed E-state index contributed by atoms with van der Waals surface area (Å²) in [4.78, 5) is 9.69. The van der Waals surface area contributed by atoms with Gasteiger partial charge in [-0.25, -0.2) is 0 Å². The molecule has 0 heterocycles. The van der Waals surface area contributed by atoms with Gasteiger partial charge >= 0.3 is 0 Å². The monoisotopic (exact) mass is 209 g/mol. The minimum Gasteiger partial charge on any atom is -0.382 e. The second-order valence-corrected chi connectivity index (χ2v) is 3.85. The fourth-order valence-corrected chi connectivity index (χ4v) is 1.35. The molecule has 0 aliphatic heterocycles. The van der Waals surface area contributed by atoms with E-state index in [9.17, 15) is 15.2 Å². The van der Waals surface area contributed by atoms with Crippen LogP contribution in [-0.4, -0.2) is 16.6 Å². The van der Waals surface area contributed by atoms with Crippen molar-refractivity contribution in [3.8, 4) is 0 Å². The van der Waals surface area contributed by atoms with Crippen molar-refractivity contribution in [3.05, 3.63) is 45.5 Å². The summed E-state index contributed by atoms with van der Waals surface area (Å²) >= 11 is 0. The molecule has 0 saturated carbocycles. The van der Waals surface area contributed by atoms with E-state index in [1.54, 1.807) is 12.1 Å². The third-order valence-electron chi connectivity index (χ3n) is 2.31. The van der Waals surface area contributed by atoms with Crippen molar-refractivity contribution < 1.29 is 10.0 Å². The fourth-order valence-electron chi connectivity index (χ4n) is 1.35. The number of hydrogen-bond donors (Lipinski definition) is 1. The fraction of sp³-hybridized carbons (Fsp3) is 0.455. The first-order valence-corrected chi connectivity index (χ1v) is 4.90. The van der Waals surface area contributed by atoms with Crippen molar-refractivity contribution in [2.75, 3.05) is 6.54 Å². The Labute approximate surface area is 88.7 Å². The van der Waals surface area contributed by atoms with Crippen LogP contribution < -0.4 is 0 Å². The van der Waals surface area contributed by atoms with Crippen molar-refractivity contribution >= 4 is 0 Å². The summed E-state index contributed by atoms with van der Waals surface area (Å²) < 4.78 is 0. The van der Waals surface area contributed by atoms with Gasteiger partial charge in [-0.05, 0) is 17.0 Å². The van der Waals surface area contributed by atoms with Gasteiger partial charge in [0.25, 0.3) is 0 Å². The van der Waals surface area contributed by atoms with Gasteiger partial charge in [-0.2, -0.15) is 0 Å². The highest BCUT2D eigenvalue weighted by molar-refractivity contribution is 5.26. The smallest absolute Gasteiger partial charge is 0.233 e. The van der Waals surface area contributed by atoms with Gasteiger partial charge in [0.2, 0.25) is 6.54 Å². The molecular weight excluding hydrogens is 194 g/mol. The van der Waals surface area contributed by atoms with Crippen LogP contribution in [0.1, 0.15) is 37.0 Å². The Hall–Kier alpha value is -1.42. The number of nitrogens with zero attached hydrogens (tertiary/aromatic N) is 1. The van der Waals surface area contributed by atoms with Crippen LogP contribution in [0.3, 0.4) is 0 Å². The lowest BCUT2D eigenvalue weighted by atomic mass is 10.00. The SMILES string of the molecule is CC(C)c1ccc([C@@H](O)C[N+](=O)[O-])cc1. The summed E-state index contributed by atoms with van der Waals surface area (Å²) in [5, 5.41) is 19.7. The molecular formula is C11H15NO3. The van der Waals surface area contributed by atoms with Gasteiger partial charge in [0, 0.05) is 4.92 Å². The molecule has 4 nitrogen and oxygen atoms in total. The molecule has 0 fully saturated rings. The zero-order valence-corrected chi connectivity index (χ0v) is 8.88. The average molecular weight is 209 g/mol.